The lowest BCUT2D eigenvalue weighted by Crippen LogP contribution is -2.39. The molecule has 23 heavy (non-hydrogen) atoms. The fraction of sp³-hybridized carbons (Fsp3) is 0.412. The molecule has 0 aliphatic rings. The average Bonchev–Trinajstić information content (AvgIpc) is 2.93. The number of hydrogen-bond donors (Lipinski definition) is 1. The topological polar surface area (TPSA) is 67.6 Å². The second-order valence-electron chi connectivity index (χ2n) is 5.49. The van der Waals surface area contributed by atoms with E-state index in [-0.39, 0.29) is 11.9 Å². The number of aromatic nitrogens is 1. The van der Waals surface area contributed by atoms with Gasteiger partial charge in [-0.25, -0.2) is 0 Å². The van der Waals surface area contributed by atoms with E-state index in [1.165, 1.54) is 0 Å². The fourth-order valence-electron chi connectivity index (χ4n) is 2.13. The van der Waals surface area contributed by atoms with Crippen LogP contribution in [0.3, 0.4) is 0 Å². The highest BCUT2D eigenvalue weighted by Crippen LogP contribution is 2.15. The molecule has 6 heteroatoms. The number of likely N-dealkylation sites (N-methyl/N-ethyl adjacent to an activating group) is 1. The first-order valence-corrected chi connectivity index (χ1v) is 7.65. The summed E-state index contributed by atoms with van der Waals surface area (Å²) in [5.74, 6) is 1.09. The molecule has 0 saturated heterocycles. The van der Waals surface area contributed by atoms with Gasteiger partial charge in [-0.1, -0.05) is 17.3 Å². The Morgan fingerprint density at radius 2 is 2.09 bits per heavy atom. The maximum atomic E-state index is 12.2. The number of carbonyl (C=O) groups excluding carboxylic acids is 1. The van der Waals surface area contributed by atoms with E-state index in [0.29, 0.717) is 19.0 Å². The summed E-state index contributed by atoms with van der Waals surface area (Å²) < 4.78 is 10.4. The minimum absolute atomic E-state index is 0.130. The molecule has 1 atom stereocenters. The maximum Gasteiger partial charge on any atom is 0.243 e. The molecular weight excluding hydrogens is 294 g/mol. The van der Waals surface area contributed by atoms with Gasteiger partial charge in [0.05, 0.1) is 18.3 Å². The highest BCUT2D eigenvalue weighted by atomic mass is 16.5. The molecule has 1 aromatic carbocycles. The standard InChI is InChI=1S/C17H23N3O3/c1-5-22-15-8-6-14(7-9-15)11-20(4)13(3)17(21)18-16-10-12(2)19-23-16/h6-10,13H,5,11H2,1-4H3,(H,18,21). The largest absolute Gasteiger partial charge is 0.494 e. The Morgan fingerprint density at radius 1 is 1.39 bits per heavy atom. The van der Waals surface area contributed by atoms with E-state index in [1.807, 2.05) is 50.1 Å². The van der Waals surface area contributed by atoms with Crippen LogP contribution in [0.25, 0.3) is 0 Å². The van der Waals surface area contributed by atoms with Crippen LogP contribution in [0.4, 0.5) is 5.88 Å². The molecule has 1 N–H and O–H groups in total. The quantitative estimate of drug-likeness (QED) is 0.850. The molecule has 6 nitrogen and oxygen atoms in total. The van der Waals surface area contributed by atoms with Crippen LogP contribution in [0, 0.1) is 6.92 Å². The van der Waals surface area contributed by atoms with Gasteiger partial charge >= 0.3 is 0 Å². The van der Waals surface area contributed by atoms with E-state index in [9.17, 15) is 4.79 Å². The van der Waals surface area contributed by atoms with Gasteiger partial charge in [0.2, 0.25) is 11.8 Å². The van der Waals surface area contributed by atoms with Crippen LogP contribution < -0.4 is 10.1 Å². The Kier molecular flexibility index (Phi) is 5.76. The second-order valence-corrected chi connectivity index (χ2v) is 5.49. The lowest BCUT2D eigenvalue weighted by Gasteiger charge is -2.23. The van der Waals surface area contributed by atoms with Gasteiger partial charge in [0.15, 0.2) is 0 Å². The minimum atomic E-state index is -0.299. The molecule has 0 radical (unpaired) electrons. The molecule has 1 heterocycles. The summed E-state index contributed by atoms with van der Waals surface area (Å²) in [6, 6.07) is 9.28. The third kappa shape index (κ3) is 4.82. The zero-order chi connectivity index (χ0) is 16.8. The lowest BCUT2D eigenvalue weighted by atomic mass is 10.2. The summed E-state index contributed by atoms with van der Waals surface area (Å²) in [6.07, 6.45) is 0. The molecule has 1 aromatic heterocycles. The summed E-state index contributed by atoms with van der Waals surface area (Å²) >= 11 is 0. The summed E-state index contributed by atoms with van der Waals surface area (Å²) in [5, 5.41) is 6.48. The first-order chi connectivity index (χ1) is 11.0. The van der Waals surface area contributed by atoms with Crippen molar-refractivity contribution in [2.75, 3.05) is 19.0 Å². The Labute approximate surface area is 136 Å². The number of anilines is 1. The summed E-state index contributed by atoms with van der Waals surface area (Å²) in [5.41, 5.74) is 1.85. The Morgan fingerprint density at radius 3 is 2.65 bits per heavy atom. The normalized spacial score (nSPS) is 12.2. The first-order valence-electron chi connectivity index (χ1n) is 7.65. The zero-order valence-electron chi connectivity index (χ0n) is 14.0. The van der Waals surface area contributed by atoms with Crippen molar-refractivity contribution >= 4 is 11.8 Å². The number of nitrogens with one attached hydrogen (secondary N) is 1. The van der Waals surface area contributed by atoms with Crippen LogP contribution >= 0.6 is 0 Å². The number of hydrogen-bond acceptors (Lipinski definition) is 5. The molecule has 0 fully saturated rings. The number of ether oxygens (including phenoxy) is 1. The van der Waals surface area contributed by atoms with Crippen molar-refractivity contribution in [3.8, 4) is 5.75 Å². The van der Waals surface area contributed by atoms with E-state index in [1.54, 1.807) is 13.0 Å². The van der Waals surface area contributed by atoms with Crippen molar-refractivity contribution < 1.29 is 14.1 Å². The molecule has 0 aliphatic heterocycles. The summed E-state index contributed by atoms with van der Waals surface area (Å²) in [6.45, 7) is 6.93. The van der Waals surface area contributed by atoms with Crippen LogP contribution in [0.2, 0.25) is 0 Å². The van der Waals surface area contributed by atoms with Crippen LogP contribution in [-0.4, -0.2) is 35.7 Å². The molecular formula is C17H23N3O3. The predicted octanol–water partition coefficient (Wildman–Crippen LogP) is 2.84. The molecule has 0 saturated carbocycles. The van der Waals surface area contributed by atoms with Crippen LogP contribution in [0.1, 0.15) is 25.1 Å². The molecule has 1 amide bonds. The van der Waals surface area contributed by atoms with Crippen molar-refractivity contribution in [3.05, 3.63) is 41.6 Å². The van der Waals surface area contributed by atoms with Crippen molar-refractivity contribution in [2.45, 2.75) is 33.4 Å². The van der Waals surface area contributed by atoms with Crippen molar-refractivity contribution in [2.24, 2.45) is 0 Å². The second kappa shape index (κ2) is 7.78. The summed E-state index contributed by atoms with van der Waals surface area (Å²) in [4.78, 5) is 14.2. The Bertz CT molecular complexity index is 637. The van der Waals surface area contributed by atoms with Gasteiger partial charge in [0.25, 0.3) is 0 Å². The van der Waals surface area contributed by atoms with Gasteiger partial charge in [-0.05, 0) is 45.5 Å². The molecule has 0 aliphatic carbocycles. The van der Waals surface area contributed by atoms with Crippen molar-refractivity contribution in [3.63, 3.8) is 0 Å². The third-order valence-corrected chi connectivity index (χ3v) is 3.58. The molecule has 0 spiro atoms. The molecule has 2 rings (SSSR count). The molecule has 2 aromatic rings. The number of amides is 1. The van der Waals surface area contributed by atoms with Crippen molar-refractivity contribution in [1.29, 1.82) is 0 Å². The smallest absolute Gasteiger partial charge is 0.243 e. The third-order valence-electron chi connectivity index (χ3n) is 3.58. The average molecular weight is 317 g/mol. The first kappa shape index (κ1) is 17.0. The number of benzene rings is 1. The van der Waals surface area contributed by atoms with Crippen LogP contribution in [-0.2, 0) is 11.3 Å². The van der Waals surface area contributed by atoms with E-state index in [4.69, 9.17) is 9.26 Å². The Balaban J connectivity index is 1.90. The highest BCUT2D eigenvalue weighted by molar-refractivity contribution is 5.93. The molecule has 0 bridgehead atoms. The fourth-order valence-corrected chi connectivity index (χ4v) is 2.13. The van der Waals surface area contributed by atoms with Gasteiger partial charge in [0.1, 0.15) is 5.75 Å². The van der Waals surface area contributed by atoms with Gasteiger partial charge in [-0.2, -0.15) is 0 Å². The number of nitrogens with zero attached hydrogens (tertiary/aromatic N) is 2. The number of aryl methyl sites for hydroxylation is 1. The molecule has 1 unspecified atom stereocenters. The SMILES string of the molecule is CCOc1ccc(CN(C)C(C)C(=O)Nc2cc(C)no2)cc1. The summed E-state index contributed by atoms with van der Waals surface area (Å²) in [7, 11) is 1.91. The minimum Gasteiger partial charge on any atom is -0.494 e. The van der Waals surface area contributed by atoms with Gasteiger partial charge < -0.3 is 9.26 Å². The number of rotatable bonds is 7. The number of carbonyl (C=O) groups is 1. The highest BCUT2D eigenvalue weighted by Gasteiger charge is 2.19. The van der Waals surface area contributed by atoms with Crippen molar-refractivity contribution in [1.82, 2.24) is 10.1 Å². The van der Waals surface area contributed by atoms with E-state index in [0.717, 1.165) is 17.0 Å². The van der Waals surface area contributed by atoms with Gasteiger partial charge in [-0.15, -0.1) is 0 Å². The lowest BCUT2D eigenvalue weighted by molar-refractivity contribution is -0.120. The van der Waals surface area contributed by atoms with Gasteiger partial charge in [-0.3, -0.25) is 15.0 Å². The van der Waals surface area contributed by atoms with Crippen LogP contribution in [0.5, 0.6) is 5.75 Å². The van der Waals surface area contributed by atoms with E-state index >= 15 is 0 Å². The van der Waals surface area contributed by atoms with Gasteiger partial charge in [0, 0.05) is 12.6 Å². The predicted molar refractivity (Wildman–Crippen MR) is 88.4 cm³/mol. The monoisotopic (exact) mass is 317 g/mol. The zero-order valence-corrected chi connectivity index (χ0v) is 14.0. The van der Waals surface area contributed by atoms with Crippen LogP contribution in [0.15, 0.2) is 34.9 Å². The van der Waals surface area contributed by atoms with E-state index < -0.39 is 0 Å². The maximum absolute atomic E-state index is 12.2. The Hall–Kier alpha value is -2.34. The van der Waals surface area contributed by atoms with E-state index in [2.05, 4.69) is 10.5 Å². The molecule has 124 valence electrons.